The Hall–Kier alpha value is -2.43. The van der Waals surface area contributed by atoms with Crippen molar-refractivity contribution in [2.45, 2.75) is 264 Å². The van der Waals surface area contributed by atoms with Crippen LogP contribution in [0.3, 0.4) is 0 Å². The molecule has 1 N–H and O–H groups in total. The number of carbonyl (C=O) groups excluding carboxylic acids is 1. The fourth-order valence-electron chi connectivity index (χ4n) is 7.72. The molecule has 0 saturated heterocycles. The molecule has 0 rings (SSSR count). The number of rotatable bonds is 50. The first kappa shape index (κ1) is 60.6. The molecule has 1 unspecified atom stereocenters. The number of hydrogen-bond donors (Lipinski definition) is 1. The number of aliphatic hydroxyl groups is 1. The summed E-state index contributed by atoms with van der Waals surface area (Å²) in [6.07, 6.45) is 78.4. The highest BCUT2D eigenvalue weighted by atomic mass is 16.6. The fourth-order valence-corrected chi connectivity index (χ4v) is 7.72. The normalized spacial score (nSPS) is 13.0. The first-order chi connectivity index (χ1) is 31.2. The third kappa shape index (κ3) is 53.8. The number of allylic oxidation sites excluding steroid dienone is 14. The Kier molecular flexibility index (Phi) is 53.6. The molecule has 1 atom stereocenters. The lowest BCUT2D eigenvalue weighted by molar-refractivity contribution is -0.154. The molecule has 0 aliphatic heterocycles. The molecule has 0 aliphatic carbocycles. The molecule has 0 fully saturated rings. The van der Waals surface area contributed by atoms with Crippen molar-refractivity contribution >= 4 is 5.97 Å². The van der Waals surface area contributed by atoms with Gasteiger partial charge in [0.05, 0.1) is 13.2 Å². The molecule has 364 valence electrons. The summed E-state index contributed by atoms with van der Waals surface area (Å²) in [6, 6.07) is 0. The Morgan fingerprint density at radius 3 is 1.06 bits per heavy atom. The van der Waals surface area contributed by atoms with Crippen molar-refractivity contribution in [3.63, 3.8) is 0 Å². The van der Waals surface area contributed by atoms with Crippen LogP contribution in [0.5, 0.6) is 0 Å². The van der Waals surface area contributed by atoms with Gasteiger partial charge in [-0.15, -0.1) is 0 Å². The molecule has 0 saturated carbocycles. The monoisotopic (exact) mass is 877 g/mol. The van der Waals surface area contributed by atoms with Crippen molar-refractivity contribution in [1.82, 2.24) is 0 Å². The number of esters is 1. The molecule has 0 aromatic rings. The smallest absolute Gasteiger partial charge is 0.306 e. The zero-order valence-electron chi connectivity index (χ0n) is 41.8. The maximum absolute atomic E-state index is 12.3. The fraction of sp³-hybridized carbons (Fsp3) is 0.746. The van der Waals surface area contributed by atoms with Crippen LogP contribution in [-0.2, 0) is 14.3 Å². The zero-order chi connectivity index (χ0) is 45.5. The van der Waals surface area contributed by atoms with Crippen molar-refractivity contribution in [3.8, 4) is 0 Å². The number of hydrogen-bond acceptors (Lipinski definition) is 4. The minimum absolute atomic E-state index is 0.188. The first-order valence-corrected chi connectivity index (χ1v) is 27.2. The maximum atomic E-state index is 12.3. The van der Waals surface area contributed by atoms with Gasteiger partial charge in [-0.3, -0.25) is 4.79 Å². The van der Waals surface area contributed by atoms with Gasteiger partial charge in [-0.05, 0) is 70.6 Å². The quantitative estimate of drug-likeness (QED) is 0.0376. The van der Waals surface area contributed by atoms with E-state index in [1.54, 1.807) is 0 Å². The molecule has 0 radical (unpaired) electrons. The highest BCUT2D eigenvalue weighted by Gasteiger charge is 2.13. The van der Waals surface area contributed by atoms with Gasteiger partial charge in [0, 0.05) is 13.0 Å². The lowest BCUT2D eigenvalue weighted by Gasteiger charge is -2.15. The van der Waals surface area contributed by atoms with Crippen LogP contribution in [0.4, 0.5) is 0 Å². The molecule has 0 aromatic heterocycles. The summed E-state index contributed by atoms with van der Waals surface area (Å²) in [5.74, 6) is -0.231. The van der Waals surface area contributed by atoms with Crippen LogP contribution in [0, 0.1) is 0 Å². The summed E-state index contributed by atoms with van der Waals surface area (Å²) in [7, 11) is 0. The Morgan fingerprint density at radius 1 is 0.397 bits per heavy atom. The van der Waals surface area contributed by atoms with Crippen LogP contribution in [-0.4, -0.2) is 37.0 Å². The van der Waals surface area contributed by atoms with E-state index in [4.69, 9.17) is 9.47 Å². The topological polar surface area (TPSA) is 55.8 Å². The molecule has 0 aromatic carbocycles. The largest absolute Gasteiger partial charge is 0.457 e. The van der Waals surface area contributed by atoms with Crippen LogP contribution in [0.2, 0.25) is 0 Å². The number of unbranched alkanes of at least 4 members (excludes halogenated alkanes) is 28. The van der Waals surface area contributed by atoms with Crippen LogP contribution in [0.25, 0.3) is 0 Å². The van der Waals surface area contributed by atoms with Gasteiger partial charge >= 0.3 is 5.97 Å². The van der Waals surface area contributed by atoms with E-state index in [-0.39, 0.29) is 19.2 Å². The second kappa shape index (κ2) is 55.7. The molecular weight excluding hydrogens is 773 g/mol. The van der Waals surface area contributed by atoms with Crippen molar-refractivity contribution in [2.24, 2.45) is 0 Å². The number of aliphatic hydroxyl groups excluding tert-OH is 1. The molecule has 4 nitrogen and oxygen atoms in total. The summed E-state index contributed by atoms with van der Waals surface area (Å²) in [5, 5.41) is 9.66. The maximum Gasteiger partial charge on any atom is 0.306 e. The average molecular weight is 877 g/mol. The predicted octanol–water partition coefficient (Wildman–Crippen LogP) is 18.7. The van der Waals surface area contributed by atoms with Crippen molar-refractivity contribution < 1.29 is 19.4 Å². The van der Waals surface area contributed by atoms with Gasteiger partial charge in [0.15, 0.2) is 0 Å². The second-order valence-corrected chi connectivity index (χ2v) is 17.9. The molecular formula is C59H104O4. The van der Waals surface area contributed by atoms with Crippen LogP contribution in [0.1, 0.15) is 258 Å². The minimum atomic E-state index is -0.557. The van der Waals surface area contributed by atoms with Crippen molar-refractivity contribution in [1.29, 1.82) is 0 Å². The van der Waals surface area contributed by atoms with Gasteiger partial charge in [0.1, 0.15) is 6.10 Å². The Balaban J connectivity index is 3.47. The number of carbonyl (C=O) groups is 1. The van der Waals surface area contributed by atoms with Crippen LogP contribution < -0.4 is 0 Å². The third-order valence-corrected chi connectivity index (χ3v) is 11.7. The first-order valence-electron chi connectivity index (χ1n) is 27.2. The lowest BCUT2D eigenvalue weighted by atomic mass is 10.0. The molecule has 63 heavy (non-hydrogen) atoms. The van der Waals surface area contributed by atoms with Crippen LogP contribution >= 0.6 is 0 Å². The molecule has 0 heterocycles. The zero-order valence-corrected chi connectivity index (χ0v) is 41.8. The predicted molar refractivity (Wildman–Crippen MR) is 279 cm³/mol. The highest BCUT2D eigenvalue weighted by molar-refractivity contribution is 5.69. The molecule has 0 bridgehead atoms. The van der Waals surface area contributed by atoms with E-state index in [9.17, 15) is 9.90 Å². The summed E-state index contributed by atoms with van der Waals surface area (Å²) in [5.41, 5.74) is 0. The lowest BCUT2D eigenvalue weighted by Crippen LogP contribution is -2.27. The van der Waals surface area contributed by atoms with E-state index in [1.807, 2.05) is 0 Å². The van der Waals surface area contributed by atoms with Gasteiger partial charge in [0.2, 0.25) is 0 Å². The van der Waals surface area contributed by atoms with E-state index in [1.165, 1.54) is 161 Å². The van der Waals surface area contributed by atoms with Crippen molar-refractivity contribution in [3.05, 3.63) is 85.1 Å². The second-order valence-electron chi connectivity index (χ2n) is 17.9. The standard InChI is InChI=1S/C59H104O4/c1-3-5-7-9-11-13-15-17-19-21-23-25-27-29-31-33-35-37-39-41-43-45-47-49-51-53-55-62-57-58(56-60)63-59(61)54-52-50-48-46-44-42-40-38-36-34-32-30-28-26-24-22-20-18-16-14-12-10-8-6-4-2/h6,8,12,14,18,20,24,26,30,32,36,38,42,44,58,60H,3-5,7,9-11,13,15-17,19,21-23,25,27-29,31,33-35,37,39-41,43,45-57H2,1-2H3/b8-6-,14-12-,20-18-,26-24-,32-30-,38-36-,44-42-. The summed E-state index contributed by atoms with van der Waals surface area (Å²) in [4.78, 5) is 12.3. The average Bonchev–Trinajstić information content (AvgIpc) is 3.29. The van der Waals surface area contributed by atoms with Gasteiger partial charge in [-0.1, -0.05) is 266 Å². The Labute approximate surface area is 392 Å². The molecule has 0 amide bonds. The van der Waals surface area contributed by atoms with Gasteiger partial charge in [-0.25, -0.2) is 0 Å². The summed E-state index contributed by atoms with van der Waals surface area (Å²) >= 11 is 0. The van der Waals surface area contributed by atoms with E-state index < -0.39 is 6.10 Å². The molecule has 0 spiro atoms. The summed E-state index contributed by atoms with van der Waals surface area (Å²) in [6.45, 7) is 5.22. The Morgan fingerprint density at radius 2 is 0.714 bits per heavy atom. The highest BCUT2D eigenvalue weighted by Crippen LogP contribution is 2.16. The van der Waals surface area contributed by atoms with E-state index in [0.29, 0.717) is 13.0 Å². The van der Waals surface area contributed by atoms with Crippen LogP contribution in [0.15, 0.2) is 85.1 Å². The molecule has 0 aliphatic rings. The third-order valence-electron chi connectivity index (χ3n) is 11.7. The van der Waals surface area contributed by atoms with E-state index in [2.05, 4.69) is 98.9 Å². The minimum Gasteiger partial charge on any atom is -0.457 e. The van der Waals surface area contributed by atoms with Gasteiger partial charge in [0.25, 0.3) is 0 Å². The Bertz CT molecular complexity index is 1110. The SMILES string of the molecule is CC/C=C\C/C=C\C/C=C\C/C=C\C/C=C\C/C=C\C/C=C\CCCCCC(=O)OC(CO)COCCCCCCCCCCCCCCCCCCCCCCCCCCCC. The molecule has 4 heteroatoms. The number of ether oxygens (including phenoxy) is 2. The summed E-state index contributed by atoms with van der Waals surface area (Å²) < 4.78 is 11.2. The van der Waals surface area contributed by atoms with E-state index in [0.717, 1.165) is 77.0 Å². The van der Waals surface area contributed by atoms with Gasteiger partial charge in [-0.2, -0.15) is 0 Å². The van der Waals surface area contributed by atoms with E-state index >= 15 is 0 Å². The van der Waals surface area contributed by atoms with Crippen molar-refractivity contribution in [2.75, 3.05) is 19.8 Å². The van der Waals surface area contributed by atoms with Gasteiger partial charge < -0.3 is 14.6 Å².